The number of hydrogen-bond donors (Lipinski definition) is 1. The Balaban J connectivity index is 1.27. The normalized spacial score (nSPS) is 14.4. The van der Waals surface area contributed by atoms with Crippen LogP contribution in [0.15, 0.2) is 54.6 Å². The quantitative estimate of drug-likeness (QED) is 0.579. The smallest absolute Gasteiger partial charge is 0.265 e. The molecule has 1 aromatic heterocycles. The lowest BCUT2D eigenvalue weighted by atomic mass is 9.93. The molecule has 2 aromatic carbocycles. The minimum atomic E-state index is 0.0597. The van der Waals surface area contributed by atoms with Gasteiger partial charge in [0.25, 0.3) is 5.91 Å². The van der Waals surface area contributed by atoms with Crippen LogP contribution in [0.4, 0.5) is 0 Å². The second kappa shape index (κ2) is 10.1. The number of benzene rings is 2. The number of carbonyl (C=O) groups is 2. The fourth-order valence-corrected chi connectivity index (χ4v) is 5.06. The number of amides is 2. The monoisotopic (exact) mass is 447 g/mol. The Kier molecular flexibility index (Phi) is 7.00. The summed E-state index contributed by atoms with van der Waals surface area (Å²) in [4.78, 5) is 32.7. The molecule has 0 spiro atoms. The largest absolute Gasteiger partial charge is 0.352 e. The number of aromatic nitrogens is 1. The van der Waals surface area contributed by atoms with Crippen LogP contribution in [0.25, 0.3) is 10.6 Å². The summed E-state index contributed by atoms with van der Waals surface area (Å²) >= 11 is 1.46. The topological polar surface area (TPSA) is 62.3 Å². The maximum Gasteiger partial charge on any atom is 0.265 e. The molecule has 1 saturated heterocycles. The first-order valence-electron chi connectivity index (χ1n) is 11.1. The van der Waals surface area contributed by atoms with Gasteiger partial charge in [-0.25, -0.2) is 4.98 Å². The molecule has 1 N–H and O–H groups in total. The van der Waals surface area contributed by atoms with Crippen molar-refractivity contribution in [2.45, 2.75) is 39.7 Å². The molecule has 0 atom stereocenters. The van der Waals surface area contributed by atoms with Gasteiger partial charge in [0.05, 0.1) is 5.69 Å². The third kappa shape index (κ3) is 5.43. The van der Waals surface area contributed by atoms with E-state index in [1.807, 2.05) is 54.3 Å². The second-order valence-corrected chi connectivity index (χ2v) is 9.50. The highest BCUT2D eigenvalue weighted by atomic mass is 32.1. The van der Waals surface area contributed by atoms with Crippen molar-refractivity contribution in [3.63, 3.8) is 0 Å². The fourth-order valence-electron chi connectivity index (χ4n) is 4.02. The molecule has 0 bridgehead atoms. The molecule has 32 heavy (non-hydrogen) atoms. The van der Waals surface area contributed by atoms with Crippen molar-refractivity contribution in [1.29, 1.82) is 0 Å². The molecule has 2 amide bonds. The molecule has 0 aliphatic carbocycles. The summed E-state index contributed by atoms with van der Waals surface area (Å²) < 4.78 is 0. The Morgan fingerprint density at radius 1 is 1.03 bits per heavy atom. The highest BCUT2D eigenvalue weighted by Crippen LogP contribution is 2.30. The first-order chi connectivity index (χ1) is 15.5. The van der Waals surface area contributed by atoms with E-state index in [0.717, 1.165) is 39.5 Å². The van der Waals surface area contributed by atoms with Crippen molar-refractivity contribution in [2.24, 2.45) is 5.92 Å². The van der Waals surface area contributed by atoms with Gasteiger partial charge < -0.3 is 10.2 Å². The molecule has 0 unspecified atom stereocenters. The van der Waals surface area contributed by atoms with E-state index in [0.29, 0.717) is 32.0 Å². The van der Waals surface area contributed by atoms with E-state index in [4.69, 9.17) is 0 Å². The number of hydrogen-bond acceptors (Lipinski definition) is 4. The van der Waals surface area contributed by atoms with Gasteiger partial charge in [-0.05, 0) is 38.2 Å². The summed E-state index contributed by atoms with van der Waals surface area (Å²) in [7, 11) is 0. The zero-order valence-corrected chi connectivity index (χ0v) is 19.5. The van der Waals surface area contributed by atoms with Crippen LogP contribution in [0, 0.1) is 19.8 Å². The van der Waals surface area contributed by atoms with Crippen LogP contribution >= 0.6 is 11.3 Å². The van der Waals surface area contributed by atoms with Crippen molar-refractivity contribution in [3.05, 3.63) is 76.3 Å². The van der Waals surface area contributed by atoms with Crippen LogP contribution in [-0.4, -0.2) is 34.8 Å². The van der Waals surface area contributed by atoms with Gasteiger partial charge in [0, 0.05) is 31.6 Å². The maximum absolute atomic E-state index is 13.1. The number of likely N-dealkylation sites (tertiary alicyclic amines) is 1. The Hall–Kier alpha value is -2.99. The molecular weight excluding hydrogens is 418 g/mol. The third-order valence-corrected chi connectivity index (χ3v) is 7.19. The molecule has 1 aliphatic heterocycles. The lowest BCUT2D eigenvalue weighted by Gasteiger charge is -2.31. The lowest BCUT2D eigenvalue weighted by molar-refractivity contribution is -0.122. The first kappa shape index (κ1) is 22.2. The average molecular weight is 448 g/mol. The summed E-state index contributed by atoms with van der Waals surface area (Å²) in [6, 6.07) is 18.2. The minimum Gasteiger partial charge on any atom is -0.352 e. The molecule has 1 fully saturated rings. The van der Waals surface area contributed by atoms with Gasteiger partial charge in [0.15, 0.2) is 0 Å². The molecule has 166 valence electrons. The number of nitrogens with zero attached hydrogens (tertiary/aromatic N) is 2. The van der Waals surface area contributed by atoms with Crippen LogP contribution in [0.2, 0.25) is 0 Å². The van der Waals surface area contributed by atoms with E-state index in [-0.39, 0.29) is 11.8 Å². The van der Waals surface area contributed by atoms with Crippen molar-refractivity contribution >= 4 is 23.2 Å². The van der Waals surface area contributed by atoms with Crippen molar-refractivity contribution in [1.82, 2.24) is 15.2 Å². The standard InChI is InChI=1S/C26H29N3O2S/c1-18-8-10-21(11-9-18)17-27-23(30)16-20-12-14-29(15-13-20)26(31)24-19(2)28-25(32-24)22-6-4-3-5-7-22/h3-11,20H,12-17H2,1-2H3,(H,27,30). The first-order valence-corrected chi connectivity index (χ1v) is 12.0. The van der Waals surface area contributed by atoms with E-state index < -0.39 is 0 Å². The van der Waals surface area contributed by atoms with Gasteiger partial charge in [-0.2, -0.15) is 0 Å². The molecule has 6 heteroatoms. The third-order valence-electron chi connectivity index (χ3n) is 6.00. The zero-order chi connectivity index (χ0) is 22.5. The summed E-state index contributed by atoms with van der Waals surface area (Å²) in [6.45, 7) is 5.89. The Labute approximate surface area is 193 Å². The van der Waals surface area contributed by atoms with Crippen LogP contribution in [0.5, 0.6) is 0 Å². The lowest BCUT2D eigenvalue weighted by Crippen LogP contribution is -2.39. The molecule has 5 nitrogen and oxygen atoms in total. The number of rotatable bonds is 6. The Morgan fingerprint density at radius 3 is 2.41 bits per heavy atom. The predicted octanol–water partition coefficient (Wildman–Crippen LogP) is 4.99. The molecular formula is C26H29N3O2S. The average Bonchev–Trinajstić information content (AvgIpc) is 3.21. The van der Waals surface area contributed by atoms with Gasteiger partial charge >= 0.3 is 0 Å². The van der Waals surface area contributed by atoms with Crippen LogP contribution in [0.3, 0.4) is 0 Å². The Bertz CT molecular complexity index is 1070. The Morgan fingerprint density at radius 2 is 1.72 bits per heavy atom. The molecule has 2 heterocycles. The SMILES string of the molecule is Cc1ccc(CNC(=O)CC2CCN(C(=O)c3sc(-c4ccccc4)nc3C)CC2)cc1. The molecule has 1 aliphatic rings. The van der Waals surface area contributed by atoms with E-state index in [2.05, 4.69) is 29.4 Å². The van der Waals surface area contributed by atoms with E-state index in [1.165, 1.54) is 16.9 Å². The van der Waals surface area contributed by atoms with Gasteiger partial charge in [0.1, 0.15) is 9.88 Å². The van der Waals surface area contributed by atoms with Crippen molar-refractivity contribution < 1.29 is 9.59 Å². The highest BCUT2D eigenvalue weighted by Gasteiger charge is 2.27. The summed E-state index contributed by atoms with van der Waals surface area (Å²) in [5.41, 5.74) is 4.15. The van der Waals surface area contributed by atoms with E-state index >= 15 is 0 Å². The van der Waals surface area contributed by atoms with E-state index in [1.54, 1.807) is 0 Å². The van der Waals surface area contributed by atoms with E-state index in [9.17, 15) is 9.59 Å². The minimum absolute atomic E-state index is 0.0597. The summed E-state index contributed by atoms with van der Waals surface area (Å²) in [5, 5.41) is 3.91. The maximum atomic E-state index is 13.1. The molecule has 0 radical (unpaired) electrons. The molecule has 4 rings (SSSR count). The number of nitrogens with one attached hydrogen (secondary N) is 1. The number of carbonyl (C=O) groups excluding carboxylic acids is 2. The van der Waals surface area contributed by atoms with Crippen molar-refractivity contribution in [2.75, 3.05) is 13.1 Å². The molecule has 3 aromatic rings. The number of thiazole rings is 1. The van der Waals surface area contributed by atoms with Gasteiger partial charge in [0.2, 0.25) is 5.91 Å². The van der Waals surface area contributed by atoms with Gasteiger partial charge in [-0.15, -0.1) is 11.3 Å². The molecule has 0 saturated carbocycles. The van der Waals surface area contributed by atoms with Crippen LogP contribution < -0.4 is 5.32 Å². The zero-order valence-electron chi connectivity index (χ0n) is 18.6. The van der Waals surface area contributed by atoms with Crippen molar-refractivity contribution in [3.8, 4) is 10.6 Å². The van der Waals surface area contributed by atoms with Crippen LogP contribution in [-0.2, 0) is 11.3 Å². The summed E-state index contributed by atoms with van der Waals surface area (Å²) in [5.74, 6) is 0.463. The fraction of sp³-hybridized carbons (Fsp3) is 0.346. The second-order valence-electron chi connectivity index (χ2n) is 8.50. The van der Waals surface area contributed by atoms with Gasteiger partial charge in [-0.1, -0.05) is 60.2 Å². The number of aryl methyl sites for hydroxylation is 2. The predicted molar refractivity (Wildman–Crippen MR) is 129 cm³/mol. The summed E-state index contributed by atoms with van der Waals surface area (Å²) in [6.07, 6.45) is 2.23. The van der Waals surface area contributed by atoms with Crippen LogP contribution in [0.1, 0.15) is 45.8 Å². The highest BCUT2D eigenvalue weighted by molar-refractivity contribution is 7.17. The number of piperidine rings is 1. The van der Waals surface area contributed by atoms with Gasteiger partial charge in [-0.3, -0.25) is 9.59 Å².